The average molecular weight is 324 g/mol. The van der Waals surface area contributed by atoms with Crippen molar-refractivity contribution in [3.8, 4) is 0 Å². The van der Waals surface area contributed by atoms with Gasteiger partial charge in [-0.25, -0.2) is 4.79 Å². The van der Waals surface area contributed by atoms with Crippen molar-refractivity contribution in [2.75, 3.05) is 20.2 Å². The first-order chi connectivity index (χ1) is 11.1. The molecule has 5 heteroatoms. The van der Waals surface area contributed by atoms with E-state index in [-0.39, 0.29) is 29.7 Å². The normalized spacial score (nSPS) is 33.6. The molecule has 3 aliphatic rings. The molecule has 2 saturated carbocycles. The number of hydrogen-bond acceptors (Lipinski definition) is 3. The molecule has 3 rings (SSSR count). The number of aliphatic hydroxyl groups is 1. The van der Waals surface area contributed by atoms with E-state index in [1.165, 1.54) is 19.3 Å². The van der Waals surface area contributed by atoms with Gasteiger partial charge in [0.25, 0.3) is 0 Å². The number of aliphatic hydroxyl groups excluding tert-OH is 1. The van der Waals surface area contributed by atoms with Crippen LogP contribution in [0.3, 0.4) is 0 Å². The molecular formula is C18H32N2O3. The van der Waals surface area contributed by atoms with E-state index in [9.17, 15) is 9.90 Å². The van der Waals surface area contributed by atoms with Crippen LogP contribution in [0.2, 0.25) is 0 Å². The van der Waals surface area contributed by atoms with Gasteiger partial charge in [0.2, 0.25) is 0 Å². The highest BCUT2D eigenvalue weighted by Crippen LogP contribution is 2.38. The molecule has 1 aliphatic heterocycles. The van der Waals surface area contributed by atoms with Crippen LogP contribution in [0.15, 0.2) is 0 Å². The van der Waals surface area contributed by atoms with Gasteiger partial charge in [-0.3, -0.25) is 0 Å². The second kappa shape index (κ2) is 7.39. The zero-order chi connectivity index (χ0) is 16.3. The quantitative estimate of drug-likeness (QED) is 0.839. The van der Waals surface area contributed by atoms with Crippen LogP contribution in [0.1, 0.15) is 64.2 Å². The first-order valence-electron chi connectivity index (χ1n) is 9.42. The van der Waals surface area contributed by atoms with Crippen LogP contribution >= 0.6 is 0 Å². The molecule has 1 saturated heterocycles. The highest BCUT2D eigenvalue weighted by molar-refractivity contribution is 5.74. The number of nitrogens with one attached hydrogen (secondary N) is 1. The van der Waals surface area contributed by atoms with E-state index in [2.05, 4.69) is 5.32 Å². The van der Waals surface area contributed by atoms with Crippen molar-refractivity contribution in [3.63, 3.8) is 0 Å². The van der Waals surface area contributed by atoms with Crippen LogP contribution in [-0.2, 0) is 4.74 Å². The summed E-state index contributed by atoms with van der Waals surface area (Å²) in [6.07, 6.45) is 10.7. The maximum absolute atomic E-state index is 12.5. The molecule has 1 heterocycles. The molecule has 0 bridgehead atoms. The summed E-state index contributed by atoms with van der Waals surface area (Å²) in [5.74, 6) is 0.241. The molecule has 23 heavy (non-hydrogen) atoms. The summed E-state index contributed by atoms with van der Waals surface area (Å²) < 4.78 is 6.10. The monoisotopic (exact) mass is 324 g/mol. The molecule has 5 nitrogen and oxygen atoms in total. The summed E-state index contributed by atoms with van der Waals surface area (Å²) in [4.78, 5) is 14.2. The van der Waals surface area contributed by atoms with Gasteiger partial charge in [0, 0.05) is 32.2 Å². The van der Waals surface area contributed by atoms with Crippen molar-refractivity contribution in [2.24, 2.45) is 5.92 Å². The Morgan fingerprint density at radius 2 is 2.00 bits per heavy atom. The van der Waals surface area contributed by atoms with Crippen LogP contribution in [0, 0.1) is 5.92 Å². The first kappa shape index (κ1) is 17.0. The summed E-state index contributed by atoms with van der Waals surface area (Å²) in [6, 6.07) is 0.229. The fourth-order valence-corrected chi connectivity index (χ4v) is 4.65. The van der Waals surface area contributed by atoms with Crippen molar-refractivity contribution in [3.05, 3.63) is 0 Å². The molecule has 0 aromatic heterocycles. The lowest BCUT2D eigenvalue weighted by Crippen LogP contribution is -2.52. The third-order valence-corrected chi connectivity index (χ3v) is 6.06. The number of ether oxygens (including phenoxy) is 1. The van der Waals surface area contributed by atoms with Crippen molar-refractivity contribution in [1.82, 2.24) is 10.2 Å². The number of urea groups is 1. The summed E-state index contributed by atoms with van der Waals surface area (Å²) in [6.45, 7) is 1.41. The minimum atomic E-state index is -0.237. The Hall–Kier alpha value is -0.810. The van der Waals surface area contributed by atoms with Gasteiger partial charge in [0.15, 0.2) is 0 Å². The van der Waals surface area contributed by atoms with E-state index in [4.69, 9.17) is 4.74 Å². The number of amides is 2. The van der Waals surface area contributed by atoms with E-state index in [1.54, 1.807) is 4.90 Å². The van der Waals surface area contributed by atoms with Gasteiger partial charge >= 0.3 is 6.03 Å². The number of nitrogens with zero attached hydrogens (tertiary/aromatic N) is 1. The molecule has 2 N–H and O–H groups in total. The van der Waals surface area contributed by atoms with Gasteiger partial charge in [-0.1, -0.05) is 25.7 Å². The number of carbonyl (C=O) groups is 1. The molecule has 1 spiro atoms. The molecule has 0 aromatic rings. The second-order valence-corrected chi connectivity index (χ2v) is 7.87. The lowest BCUT2D eigenvalue weighted by molar-refractivity contribution is -0.108. The molecule has 3 unspecified atom stereocenters. The van der Waals surface area contributed by atoms with Crippen molar-refractivity contribution in [1.29, 1.82) is 0 Å². The Morgan fingerprint density at radius 3 is 2.70 bits per heavy atom. The van der Waals surface area contributed by atoms with E-state index in [0.29, 0.717) is 6.54 Å². The van der Waals surface area contributed by atoms with Gasteiger partial charge in [0.1, 0.15) is 0 Å². The van der Waals surface area contributed by atoms with Crippen molar-refractivity contribution in [2.45, 2.75) is 82.0 Å². The van der Waals surface area contributed by atoms with Gasteiger partial charge in [-0.15, -0.1) is 0 Å². The highest BCUT2D eigenvalue weighted by atomic mass is 16.5. The molecule has 132 valence electrons. The third kappa shape index (κ3) is 4.18. The summed E-state index contributed by atoms with van der Waals surface area (Å²) in [7, 11) is 1.84. The molecule has 2 aliphatic carbocycles. The van der Waals surface area contributed by atoms with E-state index >= 15 is 0 Å². The molecule has 2 amide bonds. The predicted molar refractivity (Wildman–Crippen MR) is 89.3 cm³/mol. The second-order valence-electron chi connectivity index (χ2n) is 7.87. The molecule has 3 atom stereocenters. The van der Waals surface area contributed by atoms with E-state index in [1.807, 2.05) is 7.05 Å². The molecule has 0 aromatic carbocycles. The van der Waals surface area contributed by atoms with Gasteiger partial charge in [-0.2, -0.15) is 0 Å². The Labute approximate surface area is 139 Å². The predicted octanol–water partition coefficient (Wildman–Crippen LogP) is 2.67. The Morgan fingerprint density at radius 1 is 1.22 bits per heavy atom. The lowest BCUT2D eigenvalue weighted by Gasteiger charge is -2.44. The minimum Gasteiger partial charge on any atom is -0.393 e. The molecule has 3 fully saturated rings. The molecule has 0 radical (unpaired) electrons. The smallest absolute Gasteiger partial charge is 0.317 e. The summed E-state index contributed by atoms with van der Waals surface area (Å²) in [5.41, 5.74) is 0.0225. The zero-order valence-electron chi connectivity index (χ0n) is 14.4. The van der Waals surface area contributed by atoms with Crippen LogP contribution in [0.4, 0.5) is 4.79 Å². The van der Waals surface area contributed by atoms with Crippen LogP contribution in [0.5, 0.6) is 0 Å². The van der Waals surface area contributed by atoms with Gasteiger partial charge < -0.3 is 20.1 Å². The fourth-order valence-electron chi connectivity index (χ4n) is 4.65. The molecular weight excluding hydrogens is 292 g/mol. The van der Waals surface area contributed by atoms with E-state index < -0.39 is 0 Å². The SMILES string of the molecule is CN(CC1CCCC1O)C(=O)NC1CCOC2(CCCCC2)C1. The topological polar surface area (TPSA) is 61.8 Å². The maximum Gasteiger partial charge on any atom is 0.317 e. The van der Waals surface area contributed by atoms with Crippen LogP contribution in [0.25, 0.3) is 0 Å². The highest BCUT2D eigenvalue weighted by Gasteiger charge is 2.39. The number of carbonyl (C=O) groups excluding carboxylic acids is 1. The Balaban J connectivity index is 1.48. The van der Waals surface area contributed by atoms with E-state index in [0.717, 1.165) is 51.6 Å². The Bertz CT molecular complexity index is 404. The lowest BCUT2D eigenvalue weighted by atomic mass is 9.78. The standard InChI is InChI=1S/C18H32N2O3/c1-20(13-14-6-5-7-16(14)21)17(22)19-15-8-11-23-18(12-15)9-3-2-4-10-18/h14-16,21H,2-13H2,1H3,(H,19,22). The number of hydrogen-bond donors (Lipinski definition) is 2. The number of rotatable bonds is 3. The van der Waals surface area contributed by atoms with Crippen molar-refractivity contribution >= 4 is 6.03 Å². The third-order valence-electron chi connectivity index (χ3n) is 6.06. The van der Waals surface area contributed by atoms with Gasteiger partial charge in [-0.05, 0) is 38.5 Å². The van der Waals surface area contributed by atoms with Gasteiger partial charge in [0.05, 0.1) is 11.7 Å². The summed E-state index contributed by atoms with van der Waals surface area (Å²) >= 11 is 0. The Kier molecular flexibility index (Phi) is 5.47. The van der Waals surface area contributed by atoms with Crippen LogP contribution in [-0.4, -0.2) is 54.0 Å². The van der Waals surface area contributed by atoms with Crippen LogP contribution < -0.4 is 5.32 Å². The minimum absolute atomic E-state index is 0.00181. The zero-order valence-corrected chi connectivity index (χ0v) is 14.4. The summed E-state index contributed by atoms with van der Waals surface area (Å²) in [5, 5.41) is 13.1. The maximum atomic E-state index is 12.5. The average Bonchev–Trinajstić information content (AvgIpc) is 2.93. The fraction of sp³-hybridized carbons (Fsp3) is 0.944. The first-order valence-corrected chi connectivity index (χ1v) is 9.42. The van der Waals surface area contributed by atoms with Crippen molar-refractivity contribution < 1.29 is 14.6 Å². The largest absolute Gasteiger partial charge is 0.393 e.